The number of halogens is 1. The van der Waals surface area contributed by atoms with Crippen molar-refractivity contribution in [3.05, 3.63) is 22.8 Å². The highest BCUT2D eigenvalue weighted by Crippen LogP contribution is 2.24. The minimum atomic E-state index is 0.719. The molecule has 0 aliphatic carbocycles. The van der Waals surface area contributed by atoms with Gasteiger partial charge in [0.15, 0.2) is 0 Å². The number of rotatable bonds is 3. The molecule has 0 radical (unpaired) electrons. The molecule has 0 unspecified atom stereocenters. The molecule has 1 aliphatic rings. The van der Waals surface area contributed by atoms with Gasteiger partial charge < -0.3 is 10.2 Å². The lowest BCUT2D eigenvalue weighted by Crippen LogP contribution is -2.33. The number of nitrogens with one attached hydrogen (secondary N) is 1. The number of piperidine rings is 1. The van der Waals surface area contributed by atoms with Crippen molar-refractivity contribution in [1.82, 2.24) is 10.3 Å². The van der Waals surface area contributed by atoms with E-state index in [2.05, 4.69) is 22.1 Å². The lowest BCUT2D eigenvalue weighted by atomic mass is 9.99. The summed E-state index contributed by atoms with van der Waals surface area (Å²) in [5.41, 5.74) is 0.935. The van der Waals surface area contributed by atoms with Gasteiger partial charge in [0.2, 0.25) is 0 Å². The first-order valence-corrected chi connectivity index (χ1v) is 6.63. The van der Waals surface area contributed by atoms with Crippen LogP contribution in [0.15, 0.2) is 12.1 Å². The van der Waals surface area contributed by atoms with E-state index in [1.54, 1.807) is 0 Å². The van der Waals surface area contributed by atoms with E-state index in [1.807, 2.05) is 19.2 Å². The SMILES string of the molecule is CNCc1nc(N2CCC(C)CC2)ccc1Cl. The van der Waals surface area contributed by atoms with Crippen LogP contribution in [0.4, 0.5) is 5.82 Å². The molecular formula is C13H20ClN3. The lowest BCUT2D eigenvalue weighted by molar-refractivity contribution is 0.436. The van der Waals surface area contributed by atoms with Crippen molar-refractivity contribution in [3.8, 4) is 0 Å². The van der Waals surface area contributed by atoms with Gasteiger partial charge in [0.05, 0.1) is 10.7 Å². The van der Waals surface area contributed by atoms with E-state index >= 15 is 0 Å². The maximum absolute atomic E-state index is 6.12. The van der Waals surface area contributed by atoms with Crippen LogP contribution in [0.3, 0.4) is 0 Å². The van der Waals surface area contributed by atoms with Gasteiger partial charge in [-0.15, -0.1) is 0 Å². The van der Waals surface area contributed by atoms with Gasteiger partial charge in [-0.2, -0.15) is 0 Å². The number of anilines is 1. The van der Waals surface area contributed by atoms with Gasteiger partial charge in [0.25, 0.3) is 0 Å². The topological polar surface area (TPSA) is 28.2 Å². The molecule has 1 aromatic rings. The summed E-state index contributed by atoms with van der Waals surface area (Å²) in [6.45, 7) is 5.25. The van der Waals surface area contributed by atoms with E-state index < -0.39 is 0 Å². The fraction of sp³-hybridized carbons (Fsp3) is 0.615. The molecule has 0 bridgehead atoms. The Morgan fingerprint density at radius 2 is 2.12 bits per heavy atom. The van der Waals surface area contributed by atoms with Gasteiger partial charge in [-0.05, 0) is 37.9 Å². The molecule has 1 fully saturated rings. The quantitative estimate of drug-likeness (QED) is 0.898. The van der Waals surface area contributed by atoms with Crippen LogP contribution in [-0.2, 0) is 6.54 Å². The highest BCUT2D eigenvalue weighted by Gasteiger charge is 2.17. The summed E-state index contributed by atoms with van der Waals surface area (Å²) in [6.07, 6.45) is 2.51. The number of pyridine rings is 1. The van der Waals surface area contributed by atoms with Crippen LogP contribution < -0.4 is 10.2 Å². The zero-order valence-corrected chi connectivity index (χ0v) is 11.3. The molecule has 1 aromatic heterocycles. The zero-order chi connectivity index (χ0) is 12.3. The van der Waals surface area contributed by atoms with Crippen molar-refractivity contribution in [2.24, 2.45) is 5.92 Å². The minimum absolute atomic E-state index is 0.719. The smallest absolute Gasteiger partial charge is 0.128 e. The molecule has 0 spiro atoms. The predicted molar refractivity (Wildman–Crippen MR) is 72.6 cm³/mol. The van der Waals surface area contributed by atoms with Gasteiger partial charge in [0.1, 0.15) is 5.82 Å². The van der Waals surface area contributed by atoms with Crippen LogP contribution in [-0.4, -0.2) is 25.1 Å². The van der Waals surface area contributed by atoms with Crippen LogP contribution in [0.1, 0.15) is 25.5 Å². The molecule has 4 heteroatoms. The van der Waals surface area contributed by atoms with E-state index in [0.717, 1.165) is 42.1 Å². The summed E-state index contributed by atoms with van der Waals surface area (Å²) >= 11 is 6.12. The molecule has 1 aliphatic heterocycles. The van der Waals surface area contributed by atoms with Gasteiger partial charge in [-0.25, -0.2) is 4.98 Å². The number of aromatic nitrogens is 1. The normalized spacial score (nSPS) is 17.5. The number of nitrogens with zero attached hydrogens (tertiary/aromatic N) is 2. The summed E-state index contributed by atoms with van der Waals surface area (Å²) in [4.78, 5) is 7.00. The largest absolute Gasteiger partial charge is 0.357 e. The van der Waals surface area contributed by atoms with Crippen LogP contribution in [0.25, 0.3) is 0 Å². The molecule has 3 nitrogen and oxygen atoms in total. The molecule has 2 heterocycles. The average Bonchev–Trinajstić information content (AvgIpc) is 2.33. The third kappa shape index (κ3) is 3.11. The molecule has 0 saturated carbocycles. The van der Waals surface area contributed by atoms with E-state index in [-0.39, 0.29) is 0 Å². The number of hydrogen-bond donors (Lipinski definition) is 1. The lowest BCUT2D eigenvalue weighted by Gasteiger charge is -2.31. The Morgan fingerprint density at radius 3 is 2.76 bits per heavy atom. The standard InChI is InChI=1S/C13H20ClN3/c1-10-5-7-17(8-6-10)13-4-3-11(14)12(16-13)9-15-2/h3-4,10,15H,5-9H2,1-2H3. The van der Waals surface area contributed by atoms with Crippen LogP contribution >= 0.6 is 11.6 Å². The van der Waals surface area contributed by atoms with Gasteiger partial charge >= 0.3 is 0 Å². The molecule has 1 N–H and O–H groups in total. The van der Waals surface area contributed by atoms with E-state index in [0.29, 0.717) is 0 Å². The fourth-order valence-corrected chi connectivity index (χ4v) is 2.35. The molecule has 1 saturated heterocycles. The fourth-order valence-electron chi connectivity index (χ4n) is 2.18. The van der Waals surface area contributed by atoms with Crippen molar-refractivity contribution >= 4 is 17.4 Å². The molecule has 2 rings (SSSR count). The summed E-state index contributed by atoms with van der Waals surface area (Å²) in [7, 11) is 1.91. The first-order valence-electron chi connectivity index (χ1n) is 6.25. The van der Waals surface area contributed by atoms with Crippen LogP contribution in [0, 0.1) is 5.92 Å². The molecular weight excluding hydrogens is 234 g/mol. The highest BCUT2D eigenvalue weighted by molar-refractivity contribution is 6.31. The third-order valence-electron chi connectivity index (χ3n) is 3.36. The zero-order valence-electron chi connectivity index (χ0n) is 10.5. The average molecular weight is 254 g/mol. The van der Waals surface area contributed by atoms with Crippen molar-refractivity contribution < 1.29 is 0 Å². The Morgan fingerprint density at radius 1 is 1.41 bits per heavy atom. The van der Waals surface area contributed by atoms with Crippen molar-refractivity contribution in [2.45, 2.75) is 26.3 Å². The molecule has 94 valence electrons. The van der Waals surface area contributed by atoms with Gasteiger partial charge in [-0.1, -0.05) is 18.5 Å². The molecule has 17 heavy (non-hydrogen) atoms. The van der Waals surface area contributed by atoms with Crippen molar-refractivity contribution in [3.63, 3.8) is 0 Å². The Bertz CT molecular complexity index is 373. The third-order valence-corrected chi connectivity index (χ3v) is 3.70. The first kappa shape index (κ1) is 12.7. The predicted octanol–water partition coefficient (Wildman–Crippen LogP) is 2.69. The summed E-state index contributed by atoms with van der Waals surface area (Å²) in [6, 6.07) is 3.98. The van der Waals surface area contributed by atoms with Crippen LogP contribution in [0.2, 0.25) is 5.02 Å². The van der Waals surface area contributed by atoms with E-state index in [1.165, 1.54) is 12.8 Å². The Hall–Kier alpha value is -0.800. The van der Waals surface area contributed by atoms with Crippen molar-refractivity contribution in [2.75, 3.05) is 25.0 Å². The summed E-state index contributed by atoms with van der Waals surface area (Å²) < 4.78 is 0. The van der Waals surface area contributed by atoms with Gasteiger partial charge in [0, 0.05) is 19.6 Å². The summed E-state index contributed by atoms with van der Waals surface area (Å²) in [5, 5.41) is 3.84. The summed E-state index contributed by atoms with van der Waals surface area (Å²) in [5.74, 6) is 1.90. The molecule has 0 aromatic carbocycles. The maximum Gasteiger partial charge on any atom is 0.128 e. The molecule has 0 amide bonds. The van der Waals surface area contributed by atoms with Gasteiger partial charge in [-0.3, -0.25) is 0 Å². The highest BCUT2D eigenvalue weighted by atomic mass is 35.5. The van der Waals surface area contributed by atoms with Crippen LogP contribution in [0.5, 0.6) is 0 Å². The Balaban J connectivity index is 2.12. The van der Waals surface area contributed by atoms with E-state index in [9.17, 15) is 0 Å². The second-order valence-electron chi connectivity index (χ2n) is 4.80. The second kappa shape index (κ2) is 5.69. The first-order chi connectivity index (χ1) is 8.20. The van der Waals surface area contributed by atoms with E-state index in [4.69, 9.17) is 11.6 Å². The minimum Gasteiger partial charge on any atom is -0.357 e. The monoisotopic (exact) mass is 253 g/mol. The maximum atomic E-state index is 6.12. The van der Waals surface area contributed by atoms with Crippen molar-refractivity contribution in [1.29, 1.82) is 0 Å². The second-order valence-corrected chi connectivity index (χ2v) is 5.21. The molecule has 0 atom stereocenters. The number of hydrogen-bond acceptors (Lipinski definition) is 3. The Labute approximate surface area is 108 Å². The Kier molecular flexibility index (Phi) is 4.24.